The molecule has 3 heterocycles. The summed E-state index contributed by atoms with van der Waals surface area (Å²) in [6.07, 6.45) is 7.14. The molecular formula is C24H29BrN6O2S. The van der Waals surface area contributed by atoms with Crippen molar-refractivity contribution in [3.8, 4) is 11.5 Å². The molecule has 0 radical (unpaired) electrons. The van der Waals surface area contributed by atoms with Gasteiger partial charge in [0.1, 0.15) is 6.10 Å². The smallest absolute Gasteiger partial charge is 0.251 e. The van der Waals surface area contributed by atoms with Crippen LogP contribution < -0.4 is 5.73 Å². The fraction of sp³-hybridized carbons (Fsp3) is 0.500. The zero-order valence-corrected chi connectivity index (χ0v) is 21.6. The van der Waals surface area contributed by atoms with Crippen LogP contribution in [0.25, 0.3) is 11.5 Å². The number of aryl methyl sites for hydroxylation is 3. The first-order chi connectivity index (χ1) is 16.4. The van der Waals surface area contributed by atoms with Gasteiger partial charge in [-0.05, 0) is 102 Å². The molecule has 5 rings (SSSR count). The molecule has 3 N–H and O–H groups in total. The molecule has 3 aliphatic heterocycles. The lowest BCUT2D eigenvalue weighted by Gasteiger charge is -2.33. The Bertz CT molecular complexity index is 1170. The number of nitrogens with zero attached hydrogens (tertiary/aromatic N) is 5. The largest absolute Gasteiger partial charge is 0.384 e. The van der Waals surface area contributed by atoms with Crippen molar-refractivity contribution in [3.05, 3.63) is 34.1 Å². The second-order valence-corrected chi connectivity index (χ2v) is 11.1. The predicted molar refractivity (Wildman–Crippen MR) is 135 cm³/mol. The Morgan fingerprint density at radius 2 is 2.00 bits per heavy atom. The quantitative estimate of drug-likeness (QED) is 0.485. The molecule has 1 atom stereocenters. The van der Waals surface area contributed by atoms with Gasteiger partial charge in [-0.3, -0.25) is 4.79 Å². The Balaban J connectivity index is 1.28. The van der Waals surface area contributed by atoms with Crippen molar-refractivity contribution in [2.75, 3.05) is 18.8 Å². The Hall–Kier alpha value is -2.17. The number of carbonyl (C=O) groups excluding carboxylic acids is 1. The summed E-state index contributed by atoms with van der Waals surface area (Å²) >= 11 is 5.26. The summed E-state index contributed by atoms with van der Waals surface area (Å²) in [5.41, 5.74) is 9.62. The van der Waals surface area contributed by atoms with Crippen molar-refractivity contribution in [1.82, 2.24) is 24.4 Å². The van der Waals surface area contributed by atoms with Crippen molar-refractivity contribution in [3.63, 3.8) is 0 Å². The Labute approximate surface area is 211 Å². The van der Waals surface area contributed by atoms with Gasteiger partial charge in [-0.15, -0.1) is 0 Å². The molecule has 1 unspecified atom stereocenters. The highest BCUT2D eigenvalue weighted by Gasteiger charge is 2.26. The van der Waals surface area contributed by atoms with Gasteiger partial charge < -0.3 is 20.3 Å². The van der Waals surface area contributed by atoms with Crippen LogP contribution in [0.1, 0.15) is 43.7 Å². The van der Waals surface area contributed by atoms with Crippen molar-refractivity contribution >= 4 is 39.4 Å². The number of piperidine rings is 1. The molecule has 34 heavy (non-hydrogen) atoms. The maximum Gasteiger partial charge on any atom is 0.251 e. The van der Waals surface area contributed by atoms with Crippen LogP contribution in [0.2, 0.25) is 0 Å². The molecule has 0 bridgehead atoms. The van der Waals surface area contributed by atoms with E-state index in [0.717, 1.165) is 53.8 Å². The summed E-state index contributed by atoms with van der Waals surface area (Å²) in [6.45, 7) is 3.69. The number of benzene rings is 1. The first-order valence-corrected chi connectivity index (χ1v) is 13.4. The van der Waals surface area contributed by atoms with E-state index in [-0.39, 0.29) is 5.91 Å². The average molecular weight is 546 g/mol. The number of aliphatic hydroxyl groups excluding tert-OH is 1. The van der Waals surface area contributed by atoms with Gasteiger partial charge in [-0.1, -0.05) is 0 Å². The van der Waals surface area contributed by atoms with Crippen LogP contribution in [-0.4, -0.2) is 54.6 Å². The van der Waals surface area contributed by atoms with E-state index in [1.54, 1.807) is 23.0 Å². The number of aromatic nitrogens is 4. The topological polar surface area (TPSA) is 110 Å². The monoisotopic (exact) mass is 544 g/mol. The highest BCUT2D eigenvalue weighted by atomic mass is 79.9. The van der Waals surface area contributed by atoms with Crippen LogP contribution in [0, 0.1) is 5.92 Å². The summed E-state index contributed by atoms with van der Waals surface area (Å²) in [4.78, 5) is 28.7. The number of nitrogens with two attached hydrogens (primary N) is 1. The molecule has 0 spiro atoms. The minimum atomic E-state index is -0.929. The van der Waals surface area contributed by atoms with Crippen LogP contribution in [-0.2, 0) is 24.2 Å². The number of hydrogen-bond donors (Lipinski definition) is 2. The maximum absolute atomic E-state index is 12.0. The molecule has 0 saturated carbocycles. The Morgan fingerprint density at radius 3 is 2.74 bits per heavy atom. The number of likely N-dealkylation sites (tertiary alicyclic amines) is 1. The van der Waals surface area contributed by atoms with Gasteiger partial charge in [0.25, 0.3) is 5.91 Å². The molecule has 1 saturated heterocycles. The number of nitrogen functional groups attached to an aromatic ring is 1. The van der Waals surface area contributed by atoms with Gasteiger partial charge in [0, 0.05) is 29.0 Å². The molecule has 1 aromatic rings. The Morgan fingerprint density at radius 1 is 1.26 bits per heavy atom. The van der Waals surface area contributed by atoms with E-state index in [9.17, 15) is 9.90 Å². The van der Waals surface area contributed by atoms with Crippen molar-refractivity contribution < 1.29 is 9.90 Å². The number of fused-ring (bicyclic) bond motifs is 2. The first kappa shape index (κ1) is 23.6. The molecule has 10 heteroatoms. The lowest BCUT2D eigenvalue weighted by Crippen LogP contribution is -2.43. The van der Waals surface area contributed by atoms with Crippen LogP contribution in [0.15, 0.2) is 33.0 Å². The van der Waals surface area contributed by atoms with Crippen LogP contribution in [0.3, 0.4) is 0 Å². The second kappa shape index (κ2) is 9.83. The fourth-order valence-electron chi connectivity index (χ4n) is 4.92. The number of rotatable bonds is 6. The number of amides is 1. The summed E-state index contributed by atoms with van der Waals surface area (Å²) < 4.78 is 3.11. The lowest BCUT2D eigenvalue weighted by molar-refractivity contribution is -0.140. The van der Waals surface area contributed by atoms with Gasteiger partial charge in [0.15, 0.2) is 22.5 Å². The Kier molecular flexibility index (Phi) is 6.81. The van der Waals surface area contributed by atoms with Crippen molar-refractivity contribution in [2.24, 2.45) is 5.92 Å². The average Bonchev–Trinajstić information content (AvgIpc) is 3.46. The highest BCUT2D eigenvalue weighted by molar-refractivity contribution is 9.10. The summed E-state index contributed by atoms with van der Waals surface area (Å²) in [5, 5.41) is 10.2. The molecule has 1 amide bonds. The van der Waals surface area contributed by atoms with Gasteiger partial charge in [-0.25, -0.2) is 15.0 Å². The predicted octanol–water partition coefficient (Wildman–Crippen LogP) is 3.77. The summed E-state index contributed by atoms with van der Waals surface area (Å²) in [6, 6.07) is 4.48. The third kappa shape index (κ3) is 4.81. The maximum atomic E-state index is 12.0. The van der Waals surface area contributed by atoms with Gasteiger partial charge in [0.05, 0.1) is 6.33 Å². The van der Waals surface area contributed by atoms with Gasteiger partial charge >= 0.3 is 0 Å². The lowest BCUT2D eigenvalue weighted by atomic mass is 9.93. The third-order valence-electron chi connectivity index (χ3n) is 6.88. The van der Waals surface area contributed by atoms with E-state index >= 15 is 0 Å². The second-order valence-electron chi connectivity index (χ2n) is 9.24. The van der Waals surface area contributed by atoms with E-state index in [1.165, 1.54) is 24.5 Å². The first-order valence-electron chi connectivity index (χ1n) is 11.8. The highest BCUT2D eigenvalue weighted by Crippen LogP contribution is 2.38. The number of halogens is 1. The molecule has 1 aliphatic carbocycles. The normalized spacial score (nSPS) is 17.3. The van der Waals surface area contributed by atoms with E-state index < -0.39 is 6.10 Å². The van der Waals surface area contributed by atoms with E-state index in [4.69, 9.17) is 15.7 Å². The number of carbonyl (C=O) groups is 1. The summed E-state index contributed by atoms with van der Waals surface area (Å²) in [5.74, 6) is 1.49. The minimum absolute atomic E-state index is 0.177. The van der Waals surface area contributed by atoms with Crippen LogP contribution in [0.4, 0.5) is 5.82 Å². The molecule has 180 valence electrons. The van der Waals surface area contributed by atoms with Crippen LogP contribution in [0.5, 0.6) is 0 Å². The summed E-state index contributed by atoms with van der Waals surface area (Å²) in [7, 11) is 0. The standard InChI is InChI=1S/C24H29BrN6O2S/c1-14(32)23(33)30-8-5-15(6-9-30)7-10-31-13-27-21(26)20-22(31)29-24(28-20)34-19-12-17-4-2-3-16(17)11-18(19)25/h11-15,32H,2-10,26H2,1H3. The molecular weight excluding hydrogens is 516 g/mol. The number of hydrogen-bond acceptors (Lipinski definition) is 7. The van der Waals surface area contributed by atoms with Crippen molar-refractivity contribution in [2.45, 2.75) is 68.1 Å². The van der Waals surface area contributed by atoms with E-state index in [0.29, 0.717) is 35.7 Å². The van der Waals surface area contributed by atoms with E-state index in [2.05, 4.69) is 33.0 Å². The molecule has 1 aromatic carbocycles. The molecule has 8 nitrogen and oxygen atoms in total. The van der Waals surface area contributed by atoms with Gasteiger partial charge in [0.2, 0.25) is 0 Å². The van der Waals surface area contributed by atoms with Gasteiger partial charge in [-0.2, -0.15) is 0 Å². The minimum Gasteiger partial charge on any atom is -0.384 e. The zero-order chi connectivity index (χ0) is 23.8. The number of anilines is 1. The van der Waals surface area contributed by atoms with Crippen molar-refractivity contribution in [1.29, 1.82) is 0 Å². The number of aliphatic hydroxyl groups is 1. The fourth-order valence-corrected chi connectivity index (χ4v) is 6.38. The molecule has 0 aromatic heterocycles. The molecule has 1 fully saturated rings. The number of imidazole rings is 1. The third-order valence-corrected chi connectivity index (χ3v) is 8.72. The molecule has 4 aliphatic rings. The SMILES string of the molecule is CC(O)C(=O)N1CCC(CCn2cnc(N)c3nc(Sc4cc5c(cc4Br)CCC5)nc2-3)CC1. The van der Waals surface area contributed by atoms with E-state index in [1.807, 2.05) is 4.57 Å². The van der Waals surface area contributed by atoms with Crippen LogP contribution >= 0.6 is 27.7 Å². The zero-order valence-electron chi connectivity index (χ0n) is 19.2.